The van der Waals surface area contributed by atoms with Crippen LogP contribution in [-0.2, 0) is 5.41 Å². The summed E-state index contributed by atoms with van der Waals surface area (Å²) >= 11 is 0. The molecule has 0 radical (unpaired) electrons. The third kappa shape index (κ3) is 5.26. The highest BCUT2D eigenvalue weighted by Crippen LogP contribution is 2.51. The molecule has 66 heavy (non-hydrogen) atoms. The van der Waals surface area contributed by atoms with E-state index in [4.69, 9.17) is 0 Å². The number of hydrogen-bond donors (Lipinski definition) is 0. The molecule has 0 N–H and O–H groups in total. The number of anilines is 3. The van der Waals surface area contributed by atoms with Crippen LogP contribution in [0.1, 0.15) is 25.0 Å². The molecule has 3 nitrogen and oxygen atoms in total. The molecule has 13 aromatic rings. The second kappa shape index (κ2) is 13.8. The Morgan fingerprint density at radius 3 is 1.47 bits per heavy atom. The Balaban J connectivity index is 0.844. The van der Waals surface area contributed by atoms with E-state index in [1.54, 1.807) is 0 Å². The van der Waals surface area contributed by atoms with Gasteiger partial charge in [0.15, 0.2) is 0 Å². The average molecular weight is 842 g/mol. The van der Waals surface area contributed by atoms with E-state index in [1.807, 2.05) is 0 Å². The van der Waals surface area contributed by atoms with Gasteiger partial charge in [-0.2, -0.15) is 0 Å². The number of aromatic nitrogens is 2. The van der Waals surface area contributed by atoms with Crippen molar-refractivity contribution >= 4 is 77.0 Å². The Kier molecular flexibility index (Phi) is 7.74. The first-order valence-electron chi connectivity index (χ1n) is 23.0. The van der Waals surface area contributed by atoms with Crippen LogP contribution in [0.2, 0.25) is 0 Å². The fraction of sp³-hybridized carbons (Fsp3) is 0.0476. The molecule has 3 heterocycles. The number of benzene rings is 10. The van der Waals surface area contributed by atoms with Gasteiger partial charge in [0.25, 0.3) is 0 Å². The van der Waals surface area contributed by atoms with Crippen molar-refractivity contribution in [3.8, 4) is 39.1 Å². The van der Waals surface area contributed by atoms with Gasteiger partial charge in [-0.1, -0.05) is 159 Å². The summed E-state index contributed by atoms with van der Waals surface area (Å²) in [6.07, 6.45) is 0. The quantitative estimate of drug-likeness (QED) is 0.162. The van der Waals surface area contributed by atoms with Crippen LogP contribution >= 0.6 is 0 Å². The molecule has 0 bridgehead atoms. The predicted octanol–water partition coefficient (Wildman–Crippen LogP) is 17.0. The highest BCUT2D eigenvalue weighted by molar-refractivity contribution is 6.23. The van der Waals surface area contributed by atoms with Gasteiger partial charge < -0.3 is 13.9 Å². The molecule has 0 unspecified atom stereocenters. The first kappa shape index (κ1) is 37.0. The fourth-order valence-electron chi connectivity index (χ4n) is 11.5. The number of para-hydroxylation sites is 4. The third-order valence-electron chi connectivity index (χ3n) is 14.7. The Morgan fingerprint density at radius 1 is 0.333 bits per heavy atom. The van der Waals surface area contributed by atoms with E-state index in [0.717, 1.165) is 22.7 Å². The molecule has 0 saturated carbocycles. The molecule has 1 aliphatic carbocycles. The van der Waals surface area contributed by atoms with Crippen LogP contribution in [0.4, 0.5) is 17.1 Å². The van der Waals surface area contributed by atoms with Crippen LogP contribution in [0.5, 0.6) is 0 Å². The molecule has 10 aromatic carbocycles. The molecule has 0 saturated heterocycles. The smallest absolute Gasteiger partial charge is 0.0620 e. The van der Waals surface area contributed by atoms with E-state index in [9.17, 15) is 0 Å². The molecule has 3 heteroatoms. The zero-order valence-corrected chi connectivity index (χ0v) is 36.7. The van der Waals surface area contributed by atoms with Crippen LogP contribution in [0.25, 0.3) is 99.0 Å². The van der Waals surface area contributed by atoms with Crippen LogP contribution < -0.4 is 4.90 Å². The minimum atomic E-state index is -0.113. The first-order valence-corrected chi connectivity index (χ1v) is 23.0. The minimum Gasteiger partial charge on any atom is -0.310 e. The van der Waals surface area contributed by atoms with Gasteiger partial charge in [-0.15, -0.1) is 0 Å². The molecular weight excluding hydrogens is 799 g/mol. The highest BCUT2D eigenvalue weighted by atomic mass is 15.1. The molecule has 0 atom stereocenters. The molecule has 1 aliphatic rings. The zero-order chi connectivity index (χ0) is 43.7. The maximum Gasteiger partial charge on any atom is 0.0620 e. The van der Waals surface area contributed by atoms with Gasteiger partial charge in [0, 0.05) is 60.5 Å². The minimum absolute atomic E-state index is 0.113. The lowest BCUT2D eigenvalue weighted by atomic mass is 9.82. The van der Waals surface area contributed by atoms with Crippen molar-refractivity contribution in [3.63, 3.8) is 0 Å². The second-order valence-corrected chi connectivity index (χ2v) is 18.5. The lowest BCUT2D eigenvalue weighted by molar-refractivity contribution is 0.660. The van der Waals surface area contributed by atoms with Crippen molar-refractivity contribution in [1.29, 1.82) is 0 Å². The van der Waals surface area contributed by atoms with Gasteiger partial charge in [-0.05, 0) is 123 Å². The molecule has 0 aliphatic heterocycles. The van der Waals surface area contributed by atoms with Crippen molar-refractivity contribution in [2.24, 2.45) is 0 Å². The van der Waals surface area contributed by atoms with Gasteiger partial charge in [-0.25, -0.2) is 0 Å². The number of fused-ring (bicyclic) bond motifs is 12. The lowest BCUT2D eigenvalue weighted by Gasteiger charge is -2.28. The monoisotopic (exact) mass is 841 g/mol. The van der Waals surface area contributed by atoms with Crippen LogP contribution in [0, 0.1) is 0 Å². The van der Waals surface area contributed by atoms with Gasteiger partial charge in [0.2, 0.25) is 0 Å². The summed E-state index contributed by atoms with van der Waals surface area (Å²) in [6.45, 7) is 4.72. The third-order valence-corrected chi connectivity index (χ3v) is 14.7. The van der Waals surface area contributed by atoms with Gasteiger partial charge in [0.1, 0.15) is 0 Å². The van der Waals surface area contributed by atoms with E-state index < -0.39 is 0 Å². The summed E-state index contributed by atoms with van der Waals surface area (Å²) in [5, 5.41) is 7.75. The summed E-state index contributed by atoms with van der Waals surface area (Å²) < 4.78 is 4.82. The van der Waals surface area contributed by atoms with E-state index in [0.29, 0.717) is 0 Å². The largest absolute Gasteiger partial charge is 0.310 e. The number of rotatable bonds is 6. The predicted molar refractivity (Wildman–Crippen MR) is 279 cm³/mol. The van der Waals surface area contributed by atoms with Crippen LogP contribution in [0.15, 0.2) is 224 Å². The topological polar surface area (TPSA) is 12.6 Å². The van der Waals surface area contributed by atoms with Gasteiger partial charge in [0.05, 0.1) is 27.6 Å². The summed E-state index contributed by atoms with van der Waals surface area (Å²) in [7, 11) is 0. The summed E-state index contributed by atoms with van der Waals surface area (Å²) in [5.41, 5.74) is 20.8. The number of nitrogens with zero attached hydrogens (tertiary/aromatic N) is 3. The van der Waals surface area contributed by atoms with Crippen LogP contribution in [0.3, 0.4) is 0 Å². The standard InChI is InChI=1S/C63H43N3/c1-63(2)56-18-7-3-12-48(56)49-36-35-47(39-57(49)63)64(44-29-22-40(23-30-44)41-24-33-46(34-25-41)65-58-19-8-4-13-50(58)51-14-5-9-20-59(51)65)45-31-26-42(27-32-45)43-28-37-61-55(38-43)54-17-11-16-53-52-15-6-10-21-60(52)66(61)62(53)54/h3-39H,1-2H3. The second-order valence-electron chi connectivity index (χ2n) is 18.5. The summed E-state index contributed by atoms with van der Waals surface area (Å²) in [6, 6.07) is 83.0. The molecule has 14 rings (SSSR count). The maximum atomic E-state index is 2.45. The van der Waals surface area contributed by atoms with Crippen molar-refractivity contribution in [1.82, 2.24) is 8.97 Å². The summed E-state index contributed by atoms with van der Waals surface area (Å²) in [5.74, 6) is 0. The molecule has 3 aromatic heterocycles. The zero-order valence-electron chi connectivity index (χ0n) is 36.7. The van der Waals surface area contributed by atoms with E-state index in [-0.39, 0.29) is 5.41 Å². The Hall–Kier alpha value is -8.40. The Morgan fingerprint density at radius 2 is 0.803 bits per heavy atom. The normalized spacial score (nSPS) is 13.1. The van der Waals surface area contributed by atoms with E-state index in [1.165, 1.54) is 104 Å². The Bertz CT molecular complexity index is 4000. The Labute approximate surface area is 383 Å². The maximum absolute atomic E-state index is 2.45. The van der Waals surface area contributed by atoms with Gasteiger partial charge in [-0.3, -0.25) is 0 Å². The fourth-order valence-corrected chi connectivity index (χ4v) is 11.5. The molecule has 310 valence electrons. The van der Waals surface area contributed by atoms with Crippen molar-refractivity contribution in [2.75, 3.05) is 4.90 Å². The van der Waals surface area contributed by atoms with Gasteiger partial charge >= 0.3 is 0 Å². The van der Waals surface area contributed by atoms with Crippen molar-refractivity contribution in [2.45, 2.75) is 19.3 Å². The number of hydrogen-bond acceptors (Lipinski definition) is 1. The summed E-state index contributed by atoms with van der Waals surface area (Å²) in [4.78, 5) is 2.42. The first-order chi connectivity index (χ1) is 32.5. The van der Waals surface area contributed by atoms with Crippen molar-refractivity contribution < 1.29 is 0 Å². The van der Waals surface area contributed by atoms with Crippen LogP contribution in [-0.4, -0.2) is 8.97 Å². The highest BCUT2D eigenvalue weighted by Gasteiger charge is 2.35. The SMILES string of the molecule is CC1(C)c2ccccc2-c2ccc(N(c3ccc(-c4ccc(-n5c6ccccc6c6ccccc65)cc4)cc3)c3ccc(-c4ccc5c(c4)c4cccc6c7ccccc7n5c64)cc3)cc21. The van der Waals surface area contributed by atoms with Crippen molar-refractivity contribution in [3.05, 3.63) is 236 Å². The molecule has 0 fully saturated rings. The van der Waals surface area contributed by atoms with E-state index in [2.05, 4.69) is 252 Å². The average Bonchev–Trinajstić information content (AvgIpc) is 4.07. The lowest BCUT2D eigenvalue weighted by Crippen LogP contribution is -2.16. The van der Waals surface area contributed by atoms with E-state index >= 15 is 0 Å². The molecule has 0 amide bonds. The molecule has 0 spiro atoms. The molecular formula is C63H43N3.